The molecule has 1 aliphatic heterocycles. The monoisotopic (exact) mass is 303 g/mol. The minimum Gasteiger partial charge on any atom is -0.381 e. The van der Waals surface area contributed by atoms with E-state index in [1.807, 2.05) is 0 Å². The Morgan fingerprint density at radius 1 is 1.60 bits per heavy atom. The van der Waals surface area contributed by atoms with Gasteiger partial charge in [0.05, 0.1) is 6.10 Å². The molecule has 1 saturated heterocycles. The Balaban J connectivity index is 2.11. The summed E-state index contributed by atoms with van der Waals surface area (Å²) in [4.78, 5) is 0. The molecule has 2 atom stereocenters. The van der Waals surface area contributed by atoms with E-state index in [2.05, 4.69) is 5.16 Å². The number of rotatable bonds is 5. The number of aryl methyl sites for hydroxylation is 1. The molecule has 1 aromatic heterocycles. The van der Waals surface area contributed by atoms with Crippen molar-refractivity contribution in [2.75, 3.05) is 20.2 Å². The molecule has 114 valence electrons. The molecule has 0 bridgehead atoms. The van der Waals surface area contributed by atoms with Gasteiger partial charge in [0.1, 0.15) is 17.2 Å². The van der Waals surface area contributed by atoms with Crippen molar-refractivity contribution < 1.29 is 17.7 Å². The van der Waals surface area contributed by atoms with E-state index in [0.29, 0.717) is 30.8 Å². The van der Waals surface area contributed by atoms with Gasteiger partial charge in [-0.05, 0) is 19.8 Å². The minimum absolute atomic E-state index is 0.0734. The third-order valence-electron chi connectivity index (χ3n) is 3.58. The van der Waals surface area contributed by atoms with Gasteiger partial charge in [-0.2, -0.15) is 4.31 Å². The van der Waals surface area contributed by atoms with Gasteiger partial charge in [-0.1, -0.05) is 5.16 Å². The summed E-state index contributed by atoms with van der Waals surface area (Å²) >= 11 is 0. The van der Waals surface area contributed by atoms with E-state index in [-0.39, 0.29) is 24.4 Å². The topological polar surface area (TPSA) is 98.7 Å². The Morgan fingerprint density at radius 2 is 2.35 bits per heavy atom. The lowest BCUT2D eigenvalue weighted by molar-refractivity contribution is 0.0401. The second kappa shape index (κ2) is 6.21. The molecule has 1 fully saturated rings. The molecule has 0 spiro atoms. The largest absolute Gasteiger partial charge is 0.381 e. The average molecular weight is 303 g/mol. The number of hydrogen-bond acceptors (Lipinski definition) is 6. The molecule has 1 aromatic rings. The Hall–Kier alpha value is -0.960. The van der Waals surface area contributed by atoms with Crippen molar-refractivity contribution in [1.29, 1.82) is 0 Å². The zero-order valence-corrected chi connectivity index (χ0v) is 12.6. The number of nitrogens with two attached hydrogens (primary N) is 1. The van der Waals surface area contributed by atoms with Crippen LogP contribution in [-0.4, -0.2) is 50.2 Å². The first kappa shape index (κ1) is 15.4. The molecule has 0 saturated carbocycles. The number of methoxy groups -OCH3 is 1. The maximum absolute atomic E-state index is 12.5. The molecular weight excluding hydrogens is 282 g/mol. The fraction of sp³-hybridized carbons (Fsp3) is 0.750. The second-order valence-corrected chi connectivity index (χ2v) is 6.99. The Morgan fingerprint density at radius 3 is 2.90 bits per heavy atom. The molecule has 0 aliphatic carbocycles. The van der Waals surface area contributed by atoms with Crippen molar-refractivity contribution >= 4 is 10.0 Å². The first-order valence-electron chi connectivity index (χ1n) is 6.61. The summed E-state index contributed by atoms with van der Waals surface area (Å²) in [6.45, 7) is 2.45. The molecule has 0 amide bonds. The van der Waals surface area contributed by atoms with E-state index >= 15 is 0 Å². The van der Waals surface area contributed by atoms with Crippen molar-refractivity contribution in [2.24, 2.45) is 5.73 Å². The van der Waals surface area contributed by atoms with E-state index < -0.39 is 10.0 Å². The molecule has 0 aromatic carbocycles. The van der Waals surface area contributed by atoms with Gasteiger partial charge in [0.25, 0.3) is 0 Å². The molecule has 2 rings (SSSR count). The highest BCUT2D eigenvalue weighted by atomic mass is 32.2. The maximum atomic E-state index is 12.5. The van der Waals surface area contributed by atoms with Crippen LogP contribution in [0.2, 0.25) is 0 Å². The van der Waals surface area contributed by atoms with Crippen molar-refractivity contribution in [3.8, 4) is 0 Å². The van der Waals surface area contributed by atoms with E-state index in [1.54, 1.807) is 20.1 Å². The third kappa shape index (κ3) is 3.38. The molecule has 20 heavy (non-hydrogen) atoms. The molecule has 2 heterocycles. The van der Waals surface area contributed by atoms with Crippen molar-refractivity contribution in [2.45, 2.75) is 37.7 Å². The quantitative estimate of drug-likeness (QED) is 0.837. The average Bonchev–Trinajstić information content (AvgIpc) is 2.82. The van der Waals surface area contributed by atoms with E-state index in [4.69, 9.17) is 15.0 Å². The lowest BCUT2D eigenvalue weighted by Gasteiger charge is -2.37. The molecule has 8 heteroatoms. The highest BCUT2D eigenvalue weighted by Crippen LogP contribution is 2.24. The summed E-state index contributed by atoms with van der Waals surface area (Å²) in [7, 11) is -1.80. The van der Waals surface area contributed by atoms with Crippen LogP contribution >= 0.6 is 0 Å². The smallest absolute Gasteiger partial charge is 0.220 e. The minimum atomic E-state index is -3.44. The van der Waals surface area contributed by atoms with Crippen molar-refractivity contribution in [3.63, 3.8) is 0 Å². The van der Waals surface area contributed by atoms with Gasteiger partial charge in [0.2, 0.25) is 10.0 Å². The van der Waals surface area contributed by atoms with Gasteiger partial charge in [0.15, 0.2) is 0 Å². The predicted octanol–water partition coefficient (Wildman–Crippen LogP) is 0.251. The molecule has 2 unspecified atom stereocenters. The predicted molar refractivity (Wildman–Crippen MR) is 73.4 cm³/mol. The zero-order valence-electron chi connectivity index (χ0n) is 11.8. The van der Waals surface area contributed by atoms with Crippen LogP contribution in [0.15, 0.2) is 10.6 Å². The van der Waals surface area contributed by atoms with E-state index in [0.717, 1.165) is 0 Å². The summed E-state index contributed by atoms with van der Waals surface area (Å²) in [6, 6.07) is 1.42. The first-order valence-corrected chi connectivity index (χ1v) is 8.21. The summed E-state index contributed by atoms with van der Waals surface area (Å²) in [5.41, 5.74) is 6.13. The van der Waals surface area contributed by atoms with Gasteiger partial charge < -0.3 is 15.0 Å². The van der Waals surface area contributed by atoms with Crippen LogP contribution in [-0.2, 0) is 20.5 Å². The van der Waals surface area contributed by atoms with Gasteiger partial charge >= 0.3 is 0 Å². The van der Waals surface area contributed by atoms with Crippen LogP contribution in [0.3, 0.4) is 0 Å². The number of ether oxygens (including phenoxy) is 1. The van der Waals surface area contributed by atoms with Crippen LogP contribution in [0.4, 0.5) is 0 Å². The SMILES string of the molecule is COC1CCN(S(=O)(=O)Cc2cc(C)on2)C(CN)C1. The van der Waals surface area contributed by atoms with Crippen molar-refractivity contribution in [1.82, 2.24) is 9.46 Å². The van der Waals surface area contributed by atoms with Crippen LogP contribution in [0, 0.1) is 6.92 Å². The standard InChI is InChI=1S/C12H21N3O4S/c1-9-5-10(14-19-9)8-20(16,17)15-4-3-12(18-2)6-11(15)7-13/h5,11-12H,3-4,6-8,13H2,1-2H3. The lowest BCUT2D eigenvalue weighted by atomic mass is 10.0. The Labute approximate surface area is 119 Å². The van der Waals surface area contributed by atoms with Crippen LogP contribution in [0.5, 0.6) is 0 Å². The number of hydrogen-bond donors (Lipinski definition) is 1. The molecule has 1 aliphatic rings. The molecule has 2 N–H and O–H groups in total. The third-order valence-corrected chi connectivity index (χ3v) is 5.44. The molecular formula is C12H21N3O4S. The fourth-order valence-electron chi connectivity index (χ4n) is 2.54. The van der Waals surface area contributed by atoms with Gasteiger partial charge in [-0.3, -0.25) is 0 Å². The highest BCUT2D eigenvalue weighted by molar-refractivity contribution is 7.88. The maximum Gasteiger partial charge on any atom is 0.220 e. The van der Waals surface area contributed by atoms with Crippen molar-refractivity contribution in [3.05, 3.63) is 17.5 Å². The fourth-order valence-corrected chi connectivity index (χ4v) is 4.23. The normalized spacial score (nSPS) is 24.9. The summed E-state index contributed by atoms with van der Waals surface area (Å²) in [5, 5.41) is 3.74. The number of piperidine rings is 1. The zero-order chi connectivity index (χ0) is 14.8. The summed E-state index contributed by atoms with van der Waals surface area (Å²) < 4.78 is 36.6. The number of aromatic nitrogens is 1. The number of sulfonamides is 1. The van der Waals surface area contributed by atoms with Crippen LogP contribution < -0.4 is 5.73 Å². The first-order chi connectivity index (χ1) is 9.46. The molecule has 7 nitrogen and oxygen atoms in total. The second-order valence-electron chi connectivity index (χ2n) is 5.07. The van der Waals surface area contributed by atoms with Gasteiger partial charge in [-0.25, -0.2) is 8.42 Å². The number of nitrogens with zero attached hydrogens (tertiary/aromatic N) is 2. The molecule has 0 radical (unpaired) electrons. The highest BCUT2D eigenvalue weighted by Gasteiger charge is 2.35. The van der Waals surface area contributed by atoms with Crippen LogP contribution in [0.25, 0.3) is 0 Å². The summed E-state index contributed by atoms with van der Waals surface area (Å²) in [5.74, 6) is 0.446. The van der Waals surface area contributed by atoms with E-state index in [9.17, 15) is 8.42 Å². The summed E-state index contributed by atoms with van der Waals surface area (Å²) in [6.07, 6.45) is 1.39. The van der Waals surface area contributed by atoms with E-state index in [1.165, 1.54) is 4.31 Å². The van der Waals surface area contributed by atoms with Crippen LogP contribution in [0.1, 0.15) is 24.3 Å². The van der Waals surface area contributed by atoms with Gasteiger partial charge in [0, 0.05) is 32.3 Å². The lowest BCUT2D eigenvalue weighted by Crippen LogP contribution is -2.51. The Kier molecular flexibility index (Phi) is 4.79. The van der Waals surface area contributed by atoms with Gasteiger partial charge in [-0.15, -0.1) is 0 Å². The Bertz CT molecular complexity index is 543.